The number of carbonyl (C=O) groups excluding carboxylic acids is 1. The molecule has 1 atom stereocenters. The maximum Gasteiger partial charge on any atom is 0.411 e. The van der Waals surface area contributed by atoms with Crippen molar-refractivity contribution >= 4 is 39.4 Å². The Morgan fingerprint density at radius 2 is 2.00 bits per heavy atom. The van der Waals surface area contributed by atoms with E-state index in [1.165, 1.54) is 12.1 Å². The van der Waals surface area contributed by atoms with Gasteiger partial charge in [-0.15, -0.1) is 0 Å². The molecule has 0 spiro atoms. The third-order valence-corrected chi connectivity index (χ3v) is 4.41. The summed E-state index contributed by atoms with van der Waals surface area (Å²) in [5.41, 5.74) is -0.583. The number of carboxylic acids is 1. The van der Waals surface area contributed by atoms with E-state index in [0.29, 0.717) is 10.2 Å². The van der Waals surface area contributed by atoms with Crippen LogP contribution >= 0.6 is 15.9 Å². The lowest BCUT2D eigenvalue weighted by Gasteiger charge is -2.40. The molecular weight excluding hydrogens is 410 g/mol. The van der Waals surface area contributed by atoms with Gasteiger partial charge in [0.1, 0.15) is 17.3 Å². The van der Waals surface area contributed by atoms with E-state index in [-0.39, 0.29) is 25.3 Å². The highest BCUT2D eigenvalue weighted by Gasteiger charge is 2.39. The number of aliphatic carboxylic acids is 1. The number of nitro benzene ring substituents is 1. The molecule has 0 radical (unpaired) electrons. The monoisotopic (exact) mass is 429 g/mol. The topological polar surface area (TPSA) is 113 Å². The van der Waals surface area contributed by atoms with E-state index in [0.717, 1.165) is 4.90 Å². The Hall–Kier alpha value is -2.36. The smallest absolute Gasteiger partial charge is 0.411 e. The number of halogens is 1. The number of para-hydroxylation sites is 1. The summed E-state index contributed by atoms with van der Waals surface area (Å²) in [6.07, 6.45) is -0.717. The average molecular weight is 430 g/mol. The Morgan fingerprint density at radius 3 is 2.54 bits per heavy atom. The minimum absolute atomic E-state index is 0.0738. The van der Waals surface area contributed by atoms with Crippen molar-refractivity contribution < 1.29 is 24.4 Å². The molecule has 1 aliphatic rings. The quantitative estimate of drug-likeness (QED) is 0.580. The van der Waals surface area contributed by atoms with Gasteiger partial charge in [-0.05, 0) is 42.8 Å². The van der Waals surface area contributed by atoms with Gasteiger partial charge < -0.3 is 14.7 Å². The minimum atomic E-state index is -1.20. The second kappa shape index (κ2) is 7.48. The standard InChI is InChI=1S/C16H20BrN3O6/c1-16(2,3)26-15(23)19-8-7-18(9-12(19)14(21)22)13-10(17)5-4-6-11(13)20(24)25/h4-6,12H,7-9H2,1-3H3,(H,21,22). The number of carboxylic acid groups (broad SMARTS) is 1. The number of ether oxygens (including phenoxy) is 1. The van der Waals surface area contributed by atoms with E-state index < -0.39 is 28.6 Å². The fourth-order valence-corrected chi connectivity index (χ4v) is 3.31. The average Bonchev–Trinajstić information content (AvgIpc) is 2.52. The zero-order valence-electron chi connectivity index (χ0n) is 14.6. The summed E-state index contributed by atoms with van der Waals surface area (Å²) in [6, 6.07) is 3.37. The van der Waals surface area contributed by atoms with Crippen LogP contribution in [-0.4, -0.2) is 58.3 Å². The fraction of sp³-hybridized carbons (Fsp3) is 0.500. The van der Waals surface area contributed by atoms with Crippen LogP contribution in [0.1, 0.15) is 20.8 Å². The van der Waals surface area contributed by atoms with Crippen molar-refractivity contribution in [3.05, 3.63) is 32.8 Å². The maximum atomic E-state index is 12.3. The lowest BCUT2D eigenvalue weighted by atomic mass is 10.1. The second-order valence-corrected chi connectivity index (χ2v) is 7.69. The first-order valence-electron chi connectivity index (χ1n) is 7.91. The van der Waals surface area contributed by atoms with E-state index in [4.69, 9.17) is 4.74 Å². The summed E-state index contributed by atoms with van der Waals surface area (Å²) >= 11 is 3.29. The lowest BCUT2D eigenvalue weighted by molar-refractivity contribution is -0.384. The summed E-state index contributed by atoms with van der Waals surface area (Å²) in [4.78, 5) is 37.6. The highest BCUT2D eigenvalue weighted by atomic mass is 79.9. The minimum Gasteiger partial charge on any atom is -0.480 e. The summed E-state index contributed by atoms with van der Waals surface area (Å²) in [5, 5.41) is 20.9. The van der Waals surface area contributed by atoms with Gasteiger partial charge in [0.25, 0.3) is 5.69 Å². The van der Waals surface area contributed by atoms with Crippen molar-refractivity contribution in [1.29, 1.82) is 0 Å². The highest BCUT2D eigenvalue weighted by Crippen LogP contribution is 2.36. The van der Waals surface area contributed by atoms with Gasteiger partial charge in [0.2, 0.25) is 0 Å². The van der Waals surface area contributed by atoms with Crippen molar-refractivity contribution in [2.75, 3.05) is 24.5 Å². The molecule has 1 aliphatic heterocycles. The van der Waals surface area contributed by atoms with Crippen molar-refractivity contribution in [3.63, 3.8) is 0 Å². The van der Waals surface area contributed by atoms with Crippen LogP contribution in [0.15, 0.2) is 22.7 Å². The normalized spacial score (nSPS) is 17.8. The molecule has 2 rings (SSSR count). The predicted molar refractivity (Wildman–Crippen MR) is 97.4 cm³/mol. The van der Waals surface area contributed by atoms with Gasteiger partial charge in [0.15, 0.2) is 0 Å². The van der Waals surface area contributed by atoms with Crippen molar-refractivity contribution in [2.24, 2.45) is 0 Å². The van der Waals surface area contributed by atoms with Crippen molar-refractivity contribution in [3.8, 4) is 0 Å². The van der Waals surface area contributed by atoms with Crippen LogP contribution in [0, 0.1) is 10.1 Å². The summed E-state index contributed by atoms with van der Waals surface area (Å²) in [5.74, 6) is -1.20. The molecular formula is C16H20BrN3O6. The fourth-order valence-electron chi connectivity index (χ4n) is 2.70. The number of carbonyl (C=O) groups is 2. The summed E-state index contributed by atoms with van der Waals surface area (Å²) in [6.45, 7) is 5.32. The molecule has 10 heteroatoms. The van der Waals surface area contributed by atoms with Crippen LogP contribution in [0.4, 0.5) is 16.2 Å². The lowest BCUT2D eigenvalue weighted by Crippen LogP contribution is -2.59. The van der Waals surface area contributed by atoms with Crippen LogP contribution in [-0.2, 0) is 9.53 Å². The molecule has 1 amide bonds. The van der Waals surface area contributed by atoms with Crippen molar-refractivity contribution in [1.82, 2.24) is 4.90 Å². The number of anilines is 1. The molecule has 0 aliphatic carbocycles. The Balaban J connectivity index is 2.30. The first-order chi connectivity index (χ1) is 12.0. The zero-order chi connectivity index (χ0) is 19.6. The van der Waals surface area contributed by atoms with Gasteiger partial charge in [-0.25, -0.2) is 9.59 Å². The van der Waals surface area contributed by atoms with Gasteiger partial charge in [0.05, 0.1) is 4.92 Å². The third kappa shape index (κ3) is 4.43. The molecule has 26 heavy (non-hydrogen) atoms. The van der Waals surface area contributed by atoms with E-state index in [1.807, 2.05) is 0 Å². The number of nitrogens with zero attached hydrogens (tertiary/aromatic N) is 3. The van der Waals surface area contributed by atoms with E-state index in [1.54, 1.807) is 31.7 Å². The highest BCUT2D eigenvalue weighted by molar-refractivity contribution is 9.10. The predicted octanol–water partition coefficient (Wildman–Crippen LogP) is 2.87. The third-order valence-electron chi connectivity index (χ3n) is 3.77. The molecule has 1 N–H and O–H groups in total. The van der Waals surface area contributed by atoms with Gasteiger partial charge in [0, 0.05) is 30.2 Å². The SMILES string of the molecule is CC(C)(C)OC(=O)N1CCN(c2c(Br)cccc2[N+](=O)[O-])CC1C(=O)O. The zero-order valence-corrected chi connectivity index (χ0v) is 16.2. The Bertz CT molecular complexity index is 733. The number of rotatable bonds is 3. The van der Waals surface area contributed by atoms with Crippen LogP contribution in [0.5, 0.6) is 0 Å². The molecule has 0 bridgehead atoms. The molecule has 0 saturated carbocycles. The van der Waals surface area contributed by atoms with Crippen LogP contribution in [0.3, 0.4) is 0 Å². The van der Waals surface area contributed by atoms with E-state index >= 15 is 0 Å². The Labute approximate surface area is 158 Å². The van der Waals surface area contributed by atoms with Gasteiger partial charge in [-0.2, -0.15) is 0 Å². The first-order valence-corrected chi connectivity index (χ1v) is 8.71. The molecule has 1 heterocycles. The van der Waals surface area contributed by atoms with Crippen LogP contribution in [0.25, 0.3) is 0 Å². The summed E-state index contributed by atoms with van der Waals surface area (Å²) in [7, 11) is 0. The van der Waals surface area contributed by atoms with Gasteiger partial charge >= 0.3 is 12.1 Å². The Morgan fingerprint density at radius 1 is 1.35 bits per heavy atom. The number of amides is 1. The van der Waals surface area contributed by atoms with E-state index in [2.05, 4.69) is 15.9 Å². The molecule has 142 valence electrons. The first kappa shape index (κ1) is 20.0. The van der Waals surface area contributed by atoms with Gasteiger partial charge in [-0.3, -0.25) is 15.0 Å². The van der Waals surface area contributed by atoms with Crippen molar-refractivity contribution in [2.45, 2.75) is 32.4 Å². The maximum absolute atomic E-state index is 12.3. The number of benzene rings is 1. The molecule has 1 aromatic carbocycles. The molecule has 1 fully saturated rings. The largest absolute Gasteiger partial charge is 0.480 e. The summed E-state index contributed by atoms with van der Waals surface area (Å²) < 4.78 is 5.76. The van der Waals surface area contributed by atoms with Gasteiger partial charge in [-0.1, -0.05) is 6.07 Å². The number of hydrogen-bond donors (Lipinski definition) is 1. The second-order valence-electron chi connectivity index (χ2n) is 6.84. The molecule has 1 saturated heterocycles. The molecule has 1 unspecified atom stereocenters. The molecule has 1 aromatic rings. The number of hydrogen-bond acceptors (Lipinski definition) is 6. The Kier molecular flexibility index (Phi) is 5.74. The molecule has 9 nitrogen and oxygen atoms in total. The van der Waals surface area contributed by atoms with Crippen LogP contribution in [0.2, 0.25) is 0 Å². The van der Waals surface area contributed by atoms with Crippen LogP contribution < -0.4 is 4.90 Å². The van der Waals surface area contributed by atoms with E-state index in [9.17, 15) is 24.8 Å². The number of nitro groups is 1. The number of piperazine rings is 1. The molecule has 0 aromatic heterocycles.